The zero-order chi connectivity index (χ0) is 24.8. The van der Waals surface area contributed by atoms with E-state index >= 15 is 0 Å². The van der Waals surface area contributed by atoms with Crippen LogP contribution in [-0.2, 0) is 18.9 Å². The molecule has 182 valence electrons. The number of hydrogen-bond donors (Lipinski definition) is 0. The molecule has 21 heteroatoms. The van der Waals surface area contributed by atoms with Gasteiger partial charge in [-0.05, 0) is 0 Å². The van der Waals surface area contributed by atoms with Gasteiger partial charge in [0, 0.05) is 6.92 Å². The van der Waals surface area contributed by atoms with Gasteiger partial charge in [-0.2, -0.15) is 61.5 Å². The Balaban J connectivity index is 5.77. The first-order chi connectivity index (χ1) is 12.6. The summed E-state index contributed by atoms with van der Waals surface area (Å²) in [4.78, 5) is 0. The molecule has 0 aromatic heterocycles. The highest BCUT2D eigenvalue weighted by Gasteiger charge is 2.77. The second-order valence-electron chi connectivity index (χ2n) is 4.76. The van der Waals surface area contributed by atoms with Crippen LogP contribution in [0.2, 0.25) is 0 Å². The van der Waals surface area contributed by atoms with Gasteiger partial charge < -0.3 is 0 Å². The SMILES string of the molecule is CC(F)(F)OC(F)(F)C(F)(F)OC(F)(F)C(F)(F)OC(F)(F)C(F)(F)OC(F)(F)F. The van der Waals surface area contributed by atoms with Crippen LogP contribution in [0.15, 0.2) is 0 Å². The highest BCUT2D eigenvalue weighted by Crippen LogP contribution is 2.51. The predicted octanol–water partition coefficient (Wildman–Crippen LogP) is 5.74. The smallest absolute Gasteiger partial charge is 0.248 e. The Morgan fingerprint density at radius 2 is 0.533 bits per heavy atom. The van der Waals surface area contributed by atoms with E-state index in [0.717, 1.165) is 0 Å². The van der Waals surface area contributed by atoms with Crippen molar-refractivity contribution < 1.29 is 93.6 Å². The molecule has 0 aliphatic carbocycles. The van der Waals surface area contributed by atoms with Crippen molar-refractivity contribution in [2.75, 3.05) is 0 Å². The van der Waals surface area contributed by atoms with Crippen LogP contribution in [0, 0.1) is 0 Å². The minimum atomic E-state index is -7.52. The Bertz CT molecular complexity index is 539. The van der Waals surface area contributed by atoms with Crippen LogP contribution in [0.25, 0.3) is 0 Å². The molecule has 30 heavy (non-hydrogen) atoms. The zero-order valence-corrected chi connectivity index (χ0v) is 13.1. The Hall–Kier alpha value is -1.35. The van der Waals surface area contributed by atoms with Gasteiger partial charge in [-0.3, -0.25) is 0 Å². The summed E-state index contributed by atoms with van der Waals surface area (Å²) >= 11 is 0. The third-order valence-corrected chi connectivity index (χ3v) is 2.08. The number of halogens is 17. The van der Waals surface area contributed by atoms with E-state index in [0.29, 0.717) is 0 Å². The fraction of sp³-hybridized carbons (Fsp3) is 1.00. The Kier molecular flexibility index (Phi) is 7.31. The van der Waals surface area contributed by atoms with E-state index in [2.05, 4.69) is 0 Å². The summed E-state index contributed by atoms with van der Waals surface area (Å²) < 4.78 is 218. The Morgan fingerprint density at radius 3 is 0.733 bits per heavy atom. The molecule has 0 spiro atoms. The lowest BCUT2D eigenvalue weighted by atomic mass is 10.5. The summed E-state index contributed by atoms with van der Waals surface area (Å²) in [5.74, 6) is 0. The lowest BCUT2D eigenvalue weighted by Gasteiger charge is -2.34. The standard InChI is InChI=1S/C9H3F17O4/c1-2(10,11)27-3(12,13)4(14,15)28-5(16,17)6(18,19)29-7(20,21)8(22,23)30-9(24,25)26/h1H3. The fourth-order valence-electron chi connectivity index (χ4n) is 1.05. The molecule has 0 rings (SSSR count). The Labute approximate surface area is 151 Å². The summed E-state index contributed by atoms with van der Waals surface area (Å²) in [6, 6.07) is 0. The van der Waals surface area contributed by atoms with Crippen molar-refractivity contribution in [1.29, 1.82) is 0 Å². The molecular formula is C9H3F17O4. The van der Waals surface area contributed by atoms with Gasteiger partial charge in [0.05, 0.1) is 0 Å². The first-order valence-electron chi connectivity index (χ1n) is 6.10. The maximum atomic E-state index is 12.9. The molecule has 4 nitrogen and oxygen atoms in total. The van der Waals surface area contributed by atoms with Crippen LogP contribution in [-0.4, -0.2) is 49.1 Å². The summed E-state index contributed by atoms with van der Waals surface area (Å²) in [6.07, 6.45) is -55.7. The predicted molar refractivity (Wildman–Crippen MR) is 50.7 cm³/mol. The highest BCUT2D eigenvalue weighted by molar-refractivity contribution is 4.78. The molecule has 0 saturated carbocycles. The van der Waals surface area contributed by atoms with Gasteiger partial charge in [0.1, 0.15) is 0 Å². The van der Waals surface area contributed by atoms with Crippen molar-refractivity contribution in [3.63, 3.8) is 0 Å². The van der Waals surface area contributed by atoms with Gasteiger partial charge in [0.2, 0.25) is 0 Å². The first-order valence-corrected chi connectivity index (χ1v) is 6.10. The second-order valence-corrected chi connectivity index (χ2v) is 4.76. The van der Waals surface area contributed by atoms with Crippen LogP contribution >= 0.6 is 0 Å². The molecule has 0 aromatic carbocycles. The van der Waals surface area contributed by atoms with Crippen molar-refractivity contribution in [3.8, 4) is 0 Å². The molecule has 0 aliphatic heterocycles. The Morgan fingerprint density at radius 1 is 0.333 bits per heavy atom. The molecule has 0 radical (unpaired) electrons. The normalized spacial score (nSPS) is 16.2. The van der Waals surface area contributed by atoms with Gasteiger partial charge in [-0.1, -0.05) is 0 Å². The maximum Gasteiger partial charge on any atom is 0.527 e. The van der Waals surface area contributed by atoms with Gasteiger partial charge in [-0.15, -0.1) is 13.2 Å². The fourth-order valence-corrected chi connectivity index (χ4v) is 1.05. The monoisotopic (exact) mass is 498 g/mol. The number of hydrogen-bond acceptors (Lipinski definition) is 4. The van der Waals surface area contributed by atoms with E-state index in [9.17, 15) is 74.6 Å². The average Bonchev–Trinajstić information content (AvgIpc) is 2.28. The van der Waals surface area contributed by atoms with Crippen LogP contribution in [0.4, 0.5) is 74.6 Å². The minimum Gasteiger partial charge on any atom is -0.248 e. The molecule has 0 unspecified atom stereocenters. The molecule has 0 fully saturated rings. The summed E-state index contributed by atoms with van der Waals surface area (Å²) in [5.41, 5.74) is 0. The number of alkyl halides is 17. The molecular weight excluding hydrogens is 495 g/mol. The van der Waals surface area contributed by atoms with Crippen molar-refractivity contribution in [3.05, 3.63) is 0 Å². The van der Waals surface area contributed by atoms with Crippen molar-refractivity contribution in [2.24, 2.45) is 0 Å². The minimum absolute atomic E-state index is 0.684. The summed E-state index contributed by atoms with van der Waals surface area (Å²) in [7, 11) is 0. The molecule has 0 aliphatic rings. The number of ether oxygens (including phenoxy) is 4. The molecule has 0 heterocycles. The van der Waals surface area contributed by atoms with Crippen LogP contribution in [0.3, 0.4) is 0 Å². The summed E-state index contributed by atoms with van der Waals surface area (Å²) in [6.45, 7) is -0.684. The highest BCUT2D eigenvalue weighted by atomic mass is 19.4. The van der Waals surface area contributed by atoms with E-state index in [1.807, 2.05) is 4.74 Å². The third kappa shape index (κ3) is 7.11. The van der Waals surface area contributed by atoms with Gasteiger partial charge >= 0.3 is 49.1 Å². The van der Waals surface area contributed by atoms with Gasteiger partial charge in [-0.25, -0.2) is 18.9 Å². The maximum absolute atomic E-state index is 12.9. The molecule has 0 saturated heterocycles. The third-order valence-electron chi connectivity index (χ3n) is 2.08. The summed E-state index contributed by atoms with van der Waals surface area (Å²) in [5, 5.41) is 0. The number of rotatable bonds is 10. The van der Waals surface area contributed by atoms with E-state index in [1.165, 1.54) is 14.2 Å². The molecule has 0 atom stereocenters. The van der Waals surface area contributed by atoms with Gasteiger partial charge in [0.15, 0.2) is 0 Å². The van der Waals surface area contributed by atoms with Crippen molar-refractivity contribution in [1.82, 2.24) is 0 Å². The van der Waals surface area contributed by atoms with E-state index in [-0.39, 0.29) is 0 Å². The largest absolute Gasteiger partial charge is 0.527 e. The lowest BCUT2D eigenvalue weighted by molar-refractivity contribution is -0.580. The first kappa shape index (κ1) is 28.6. The molecule has 0 N–H and O–H groups in total. The lowest BCUT2D eigenvalue weighted by Crippen LogP contribution is -2.59. The average molecular weight is 498 g/mol. The molecule has 0 bridgehead atoms. The van der Waals surface area contributed by atoms with Crippen molar-refractivity contribution in [2.45, 2.75) is 56.0 Å². The van der Waals surface area contributed by atoms with Crippen LogP contribution in [0.5, 0.6) is 0 Å². The van der Waals surface area contributed by atoms with E-state index in [1.54, 1.807) is 0 Å². The van der Waals surface area contributed by atoms with Crippen LogP contribution in [0.1, 0.15) is 6.92 Å². The molecule has 0 aromatic rings. The van der Waals surface area contributed by atoms with E-state index in [4.69, 9.17) is 0 Å². The topological polar surface area (TPSA) is 36.9 Å². The second kappa shape index (κ2) is 7.65. The van der Waals surface area contributed by atoms with Gasteiger partial charge in [0.25, 0.3) is 0 Å². The zero-order valence-electron chi connectivity index (χ0n) is 13.1. The van der Waals surface area contributed by atoms with Crippen molar-refractivity contribution >= 4 is 0 Å². The molecule has 0 amide bonds. The quantitative estimate of drug-likeness (QED) is 0.360. The van der Waals surface area contributed by atoms with Crippen LogP contribution < -0.4 is 0 Å². The van der Waals surface area contributed by atoms with E-state index < -0.39 is 56.0 Å².